The number of halogens is 1. The van der Waals surface area contributed by atoms with E-state index >= 15 is 4.39 Å². The molecule has 3 atom stereocenters. The highest BCUT2D eigenvalue weighted by Gasteiger charge is 2.42. The summed E-state index contributed by atoms with van der Waals surface area (Å²) in [7, 11) is 1.90. The fourth-order valence-corrected chi connectivity index (χ4v) is 4.59. The fraction of sp³-hybridized carbons (Fsp3) is 0.320. The molecule has 196 valence electrons. The number of carbonyl (C=O) groups is 1. The summed E-state index contributed by atoms with van der Waals surface area (Å²) in [4.78, 5) is 16.4. The largest absolute Gasteiger partial charge is 0.441 e. The molecule has 5 heterocycles. The SMILES string of the molecule is CC(C)NC(=O)O[C@@H]1CO[C@H](c2cc(Nc3nccn4ncc(-c5ccc6c(cnn6C)c5)c34)n[nH]2)[C@H]1F. The Labute approximate surface area is 216 Å². The van der Waals surface area contributed by atoms with Gasteiger partial charge in [-0.05, 0) is 31.5 Å². The number of rotatable bonds is 6. The van der Waals surface area contributed by atoms with Gasteiger partial charge in [0.25, 0.3) is 0 Å². The first-order valence-corrected chi connectivity index (χ1v) is 12.2. The summed E-state index contributed by atoms with van der Waals surface area (Å²) >= 11 is 0. The molecule has 0 saturated carbocycles. The number of aromatic nitrogens is 7. The summed E-state index contributed by atoms with van der Waals surface area (Å²) in [6, 6.07) is 7.62. The average Bonchev–Trinajstić information content (AvgIpc) is 3.67. The van der Waals surface area contributed by atoms with Gasteiger partial charge in [-0.15, -0.1) is 0 Å². The van der Waals surface area contributed by atoms with Crippen LogP contribution in [0.15, 0.2) is 49.1 Å². The zero-order chi connectivity index (χ0) is 26.4. The molecule has 0 unspecified atom stereocenters. The highest BCUT2D eigenvalue weighted by atomic mass is 19.1. The molecular weight excluding hydrogens is 493 g/mol. The molecule has 6 rings (SSSR count). The van der Waals surface area contributed by atoms with Crippen molar-refractivity contribution in [3.63, 3.8) is 0 Å². The first-order chi connectivity index (χ1) is 18.4. The van der Waals surface area contributed by atoms with Gasteiger partial charge in [-0.1, -0.05) is 6.07 Å². The fourth-order valence-electron chi connectivity index (χ4n) is 4.59. The van der Waals surface area contributed by atoms with Gasteiger partial charge in [0.2, 0.25) is 0 Å². The van der Waals surface area contributed by atoms with Crippen molar-refractivity contribution >= 4 is 34.1 Å². The van der Waals surface area contributed by atoms with Crippen LogP contribution in [-0.2, 0) is 16.5 Å². The van der Waals surface area contributed by atoms with Crippen LogP contribution in [0.25, 0.3) is 27.5 Å². The predicted octanol–water partition coefficient (Wildman–Crippen LogP) is 3.66. The van der Waals surface area contributed by atoms with Crippen molar-refractivity contribution in [2.75, 3.05) is 11.9 Å². The number of alkyl carbamates (subject to hydrolysis) is 1. The van der Waals surface area contributed by atoms with Crippen molar-refractivity contribution in [1.82, 2.24) is 39.9 Å². The molecule has 0 aliphatic carbocycles. The van der Waals surface area contributed by atoms with Gasteiger partial charge in [0.1, 0.15) is 11.6 Å². The topological polar surface area (TPSA) is 136 Å². The summed E-state index contributed by atoms with van der Waals surface area (Å²) in [6.45, 7) is 3.53. The lowest BCUT2D eigenvalue weighted by atomic mass is 10.1. The molecule has 0 radical (unpaired) electrons. The molecular formula is C25H26FN9O3. The normalized spacial score (nSPS) is 19.4. The van der Waals surface area contributed by atoms with Crippen LogP contribution in [0, 0.1) is 0 Å². The number of nitrogens with one attached hydrogen (secondary N) is 3. The number of hydrogen-bond donors (Lipinski definition) is 3. The predicted molar refractivity (Wildman–Crippen MR) is 137 cm³/mol. The second kappa shape index (κ2) is 9.41. The third-order valence-electron chi connectivity index (χ3n) is 6.39. The standard InChI is InChI=1S/C25H26FN9O3/c1-13(2)30-25(36)38-19-12-37-23(21(19)26)17-9-20(33-32-17)31-24-22-16(11-29-35(22)7-6-27-24)14-4-5-18-15(8-14)10-28-34(18)3/h4-11,13,19,21,23H,12H2,1-3H3,(H,30,36)(H2,27,31,32,33)/t19-,21+,23-/m1/s1. The van der Waals surface area contributed by atoms with E-state index in [9.17, 15) is 4.79 Å². The van der Waals surface area contributed by atoms with Crippen LogP contribution >= 0.6 is 0 Å². The molecule has 0 spiro atoms. The quantitative estimate of drug-likeness (QED) is 0.309. The summed E-state index contributed by atoms with van der Waals surface area (Å²) in [5.41, 5.74) is 4.04. The first-order valence-electron chi connectivity index (χ1n) is 12.2. The number of aromatic amines is 1. The second-order valence-electron chi connectivity index (χ2n) is 9.44. The Morgan fingerprint density at radius 3 is 2.97 bits per heavy atom. The minimum Gasteiger partial charge on any atom is -0.441 e. The van der Waals surface area contributed by atoms with E-state index in [0.29, 0.717) is 17.3 Å². The van der Waals surface area contributed by atoms with Gasteiger partial charge in [-0.2, -0.15) is 15.3 Å². The lowest BCUT2D eigenvalue weighted by Gasteiger charge is -2.16. The molecule has 1 amide bonds. The molecule has 1 aliphatic heterocycles. The summed E-state index contributed by atoms with van der Waals surface area (Å²) in [6.07, 6.45) is 2.81. The third kappa shape index (κ3) is 4.30. The van der Waals surface area contributed by atoms with E-state index in [1.807, 2.05) is 30.1 Å². The van der Waals surface area contributed by atoms with E-state index in [4.69, 9.17) is 9.47 Å². The van der Waals surface area contributed by atoms with Crippen molar-refractivity contribution in [2.45, 2.75) is 38.3 Å². The lowest BCUT2D eigenvalue weighted by molar-refractivity contribution is 0.0615. The molecule has 12 nitrogen and oxygen atoms in total. The molecule has 1 saturated heterocycles. The zero-order valence-corrected chi connectivity index (χ0v) is 20.9. The minimum atomic E-state index is -1.55. The Bertz CT molecular complexity index is 1620. The van der Waals surface area contributed by atoms with E-state index in [1.165, 1.54) is 0 Å². The maximum Gasteiger partial charge on any atom is 0.407 e. The average molecular weight is 520 g/mol. The lowest BCUT2D eigenvalue weighted by Crippen LogP contribution is -2.36. The number of alkyl halides is 1. The molecule has 1 fully saturated rings. The van der Waals surface area contributed by atoms with Crippen LogP contribution in [0.1, 0.15) is 25.6 Å². The number of amides is 1. The second-order valence-corrected chi connectivity index (χ2v) is 9.44. The number of aryl methyl sites for hydroxylation is 1. The molecule has 1 aromatic carbocycles. The highest BCUT2D eigenvalue weighted by Crippen LogP contribution is 2.35. The molecule has 0 bridgehead atoms. The van der Waals surface area contributed by atoms with Gasteiger partial charge < -0.3 is 20.1 Å². The maximum atomic E-state index is 15.1. The van der Waals surface area contributed by atoms with Gasteiger partial charge in [0.05, 0.1) is 30.2 Å². The molecule has 5 aromatic rings. The first kappa shape index (κ1) is 23.9. The molecule has 4 aromatic heterocycles. The molecule has 3 N–H and O–H groups in total. The van der Waals surface area contributed by atoms with Gasteiger partial charge in [-0.3, -0.25) is 9.78 Å². The van der Waals surface area contributed by atoms with E-state index in [1.54, 1.807) is 43.0 Å². The Hall–Kier alpha value is -4.52. The highest BCUT2D eigenvalue weighted by molar-refractivity contribution is 5.93. The number of nitrogens with zero attached hydrogens (tertiary/aromatic N) is 6. The Morgan fingerprint density at radius 2 is 2.13 bits per heavy atom. The van der Waals surface area contributed by atoms with Crippen molar-refractivity contribution in [3.8, 4) is 11.1 Å². The van der Waals surface area contributed by atoms with E-state index in [-0.39, 0.29) is 12.6 Å². The smallest absolute Gasteiger partial charge is 0.407 e. The Morgan fingerprint density at radius 1 is 1.26 bits per heavy atom. The third-order valence-corrected chi connectivity index (χ3v) is 6.39. The van der Waals surface area contributed by atoms with Crippen LogP contribution in [0.4, 0.5) is 20.8 Å². The van der Waals surface area contributed by atoms with Crippen molar-refractivity contribution in [3.05, 3.63) is 54.7 Å². The Balaban J connectivity index is 1.23. The molecule has 13 heteroatoms. The minimum absolute atomic E-state index is 0.0551. The monoisotopic (exact) mass is 519 g/mol. The number of H-pyrrole nitrogens is 1. The van der Waals surface area contributed by atoms with Crippen LogP contribution in [0.3, 0.4) is 0 Å². The molecule has 1 aliphatic rings. The van der Waals surface area contributed by atoms with Gasteiger partial charge in [0, 0.05) is 42.5 Å². The molecule has 38 heavy (non-hydrogen) atoms. The summed E-state index contributed by atoms with van der Waals surface area (Å²) < 4.78 is 29.4. The number of ether oxygens (including phenoxy) is 2. The van der Waals surface area contributed by atoms with Gasteiger partial charge in [0.15, 0.2) is 23.9 Å². The zero-order valence-electron chi connectivity index (χ0n) is 20.9. The number of anilines is 2. The van der Waals surface area contributed by atoms with Crippen LogP contribution in [0.2, 0.25) is 0 Å². The van der Waals surface area contributed by atoms with Gasteiger partial charge >= 0.3 is 6.09 Å². The van der Waals surface area contributed by atoms with Crippen LogP contribution in [0.5, 0.6) is 0 Å². The van der Waals surface area contributed by atoms with Gasteiger partial charge in [-0.25, -0.2) is 18.7 Å². The van der Waals surface area contributed by atoms with Crippen molar-refractivity contribution in [1.29, 1.82) is 0 Å². The summed E-state index contributed by atoms with van der Waals surface area (Å²) in [5.74, 6) is 0.952. The number of benzene rings is 1. The van der Waals surface area contributed by atoms with Crippen LogP contribution in [-0.4, -0.2) is 65.6 Å². The number of carbonyl (C=O) groups excluding carboxylic acids is 1. The number of fused-ring (bicyclic) bond motifs is 2. The van der Waals surface area contributed by atoms with Crippen molar-refractivity contribution in [2.24, 2.45) is 7.05 Å². The van der Waals surface area contributed by atoms with Crippen LogP contribution < -0.4 is 10.6 Å². The number of hydrogen-bond acceptors (Lipinski definition) is 8. The van der Waals surface area contributed by atoms with E-state index < -0.39 is 24.5 Å². The van der Waals surface area contributed by atoms with E-state index in [2.05, 4.69) is 42.1 Å². The summed E-state index contributed by atoms with van der Waals surface area (Å²) in [5, 5.41) is 22.7. The van der Waals surface area contributed by atoms with E-state index in [0.717, 1.165) is 27.5 Å². The Kier molecular flexibility index (Phi) is 5.91. The van der Waals surface area contributed by atoms with Crippen molar-refractivity contribution < 1.29 is 18.7 Å². The maximum absolute atomic E-state index is 15.1.